The molecule has 3 heteroatoms. The van der Waals surface area contributed by atoms with Gasteiger partial charge in [0.1, 0.15) is 5.82 Å². The molecule has 2 aromatic carbocycles. The lowest BCUT2D eigenvalue weighted by molar-refractivity contribution is -0.117. The number of rotatable bonds is 7. The average Bonchev–Trinajstić information content (AvgIpc) is 2.67. The summed E-state index contributed by atoms with van der Waals surface area (Å²) in [6.45, 7) is 0. The molecule has 0 radical (unpaired) electrons. The molecular formula is C22H22N2O. The Hall–Kier alpha value is -2.94. The number of pyridine rings is 1. The standard InChI is InChI=1S/C22H22N2O/c25-22(24-21-16-7-8-17-23-21)20(19-13-5-2-6-14-19)15-9-12-18-10-3-1-4-11-18/h1-8,10-11,13-14,16-17,20H,9,12,15H2,(H,23,24,25)/t20-/m0/s1. The minimum Gasteiger partial charge on any atom is -0.310 e. The Morgan fingerprint density at radius 3 is 2.24 bits per heavy atom. The highest BCUT2D eigenvalue weighted by Gasteiger charge is 2.20. The van der Waals surface area contributed by atoms with Crippen LogP contribution in [0.15, 0.2) is 85.1 Å². The second kappa shape index (κ2) is 8.78. The van der Waals surface area contributed by atoms with Crippen molar-refractivity contribution in [3.63, 3.8) is 0 Å². The Kier molecular flexibility index (Phi) is 5.94. The third kappa shape index (κ3) is 5.01. The molecule has 3 nitrogen and oxygen atoms in total. The Morgan fingerprint density at radius 2 is 1.56 bits per heavy atom. The fraction of sp³-hybridized carbons (Fsp3) is 0.182. The molecule has 0 unspecified atom stereocenters. The zero-order valence-corrected chi connectivity index (χ0v) is 14.1. The largest absolute Gasteiger partial charge is 0.310 e. The summed E-state index contributed by atoms with van der Waals surface area (Å²) in [6.07, 6.45) is 4.42. The van der Waals surface area contributed by atoms with E-state index in [4.69, 9.17) is 0 Å². The van der Waals surface area contributed by atoms with Crippen molar-refractivity contribution in [1.29, 1.82) is 0 Å². The number of hydrogen-bond acceptors (Lipinski definition) is 2. The van der Waals surface area contributed by atoms with E-state index in [0.29, 0.717) is 5.82 Å². The average molecular weight is 330 g/mol. The Balaban J connectivity index is 1.68. The summed E-state index contributed by atoms with van der Waals surface area (Å²) >= 11 is 0. The van der Waals surface area contributed by atoms with Gasteiger partial charge in [0.05, 0.1) is 5.92 Å². The van der Waals surface area contributed by atoms with Crippen LogP contribution in [0.5, 0.6) is 0 Å². The lowest BCUT2D eigenvalue weighted by Crippen LogP contribution is -2.22. The van der Waals surface area contributed by atoms with E-state index in [-0.39, 0.29) is 11.8 Å². The number of nitrogens with one attached hydrogen (secondary N) is 1. The summed E-state index contributed by atoms with van der Waals surface area (Å²) < 4.78 is 0. The topological polar surface area (TPSA) is 42.0 Å². The second-order valence-electron chi connectivity index (χ2n) is 6.05. The molecule has 25 heavy (non-hydrogen) atoms. The Labute approximate surface area is 148 Å². The maximum absolute atomic E-state index is 12.8. The van der Waals surface area contributed by atoms with Gasteiger partial charge in [-0.2, -0.15) is 0 Å². The summed E-state index contributed by atoms with van der Waals surface area (Å²) in [5, 5.41) is 2.94. The molecule has 0 aliphatic rings. The highest BCUT2D eigenvalue weighted by atomic mass is 16.1. The smallest absolute Gasteiger partial charge is 0.233 e. The molecule has 1 atom stereocenters. The van der Waals surface area contributed by atoms with E-state index >= 15 is 0 Å². The molecule has 1 N–H and O–H groups in total. The molecule has 0 fully saturated rings. The summed E-state index contributed by atoms with van der Waals surface area (Å²) in [5.41, 5.74) is 2.35. The van der Waals surface area contributed by atoms with Crippen LogP contribution in [0, 0.1) is 0 Å². The highest BCUT2D eigenvalue weighted by molar-refractivity contribution is 5.95. The number of hydrogen-bond donors (Lipinski definition) is 1. The molecule has 3 aromatic rings. The third-order valence-corrected chi connectivity index (χ3v) is 4.24. The van der Waals surface area contributed by atoms with Crippen LogP contribution in [-0.2, 0) is 11.2 Å². The molecule has 0 bridgehead atoms. The van der Waals surface area contributed by atoms with Gasteiger partial charge in [-0.1, -0.05) is 66.7 Å². The summed E-state index contributed by atoms with van der Waals surface area (Å²) in [4.78, 5) is 17.0. The monoisotopic (exact) mass is 330 g/mol. The van der Waals surface area contributed by atoms with Crippen molar-refractivity contribution >= 4 is 11.7 Å². The first-order valence-electron chi connectivity index (χ1n) is 8.64. The van der Waals surface area contributed by atoms with Gasteiger partial charge >= 0.3 is 0 Å². The van der Waals surface area contributed by atoms with Crippen LogP contribution in [-0.4, -0.2) is 10.9 Å². The van der Waals surface area contributed by atoms with Crippen LogP contribution in [0.2, 0.25) is 0 Å². The fourth-order valence-electron chi connectivity index (χ4n) is 2.94. The van der Waals surface area contributed by atoms with E-state index in [1.54, 1.807) is 6.20 Å². The number of anilines is 1. The predicted molar refractivity (Wildman–Crippen MR) is 101 cm³/mol. The first kappa shape index (κ1) is 16.9. The quantitative estimate of drug-likeness (QED) is 0.674. The first-order chi connectivity index (χ1) is 12.3. The maximum atomic E-state index is 12.8. The fourth-order valence-corrected chi connectivity index (χ4v) is 2.94. The van der Waals surface area contributed by atoms with Gasteiger partial charge in [0.25, 0.3) is 0 Å². The number of aryl methyl sites for hydroxylation is 1. The predicted octanol–water partition coefficient (Wildman–Crippen LogP) is 4.83. The van der Waals surface area contributed by atoms with E-state index in [2.05, 4.69) is 34.6 Å². The molecule has 1 amide bonds. The number of aromatic nitrogens is 1. The Bertz CT molecular complexity index is 773. The zero-order chi connectivity index (χ0) is 17.3. The normalized spacial score (nSPS) is 11.7. The van der Waals surface area contributed by atoms with E-state index in [0.717, 1.165) is 24.8 Å². The number of amides is 1. The first-order valence-corrected chi connectivity index (χ1v) is 8.64. The maximum Gasteiger partial charge on any atom is 0.233 e. The summed E-state index contributed by atoms with van der Waals surface area (Å²) in [6, 6.07) is 25.9. The van der Waals surface area contributed by atoms with Gasteiger partial charge < -0.3 is 5.32 Å². The van der Waals surface area contributed by atoms with E-state index in [1.165, 1.54) is 5.56 Å². The van der Waals surface area contributed by atoms with E-state index in [9.17, 15) is 4.79 Å². The number of nitrogens with zero attached hydrogens (tertiary/aromatic N) is 1. The minimum absolute atomic E-state index is 0.00189. The van der Waals surface area contributed by atoms with Crippen LogP contribution < -0.4 is 5.32 Å². The molecule has 0 spiro atoms. The number of carbonyl (C=O) groups excluding carboxylic acids is 1. The molecule has 0 saturated carbocycles. The number of benzene rings is 2. The van der Waals surface area contributed by atoms with Gasteiger partial charge in [0.2, 0.25) is 5.91 Å². The molecule has 0 aliphatic heterocycles. The van der Waals surface area contributed by atoms with Crippen molar-refractivity contribution in [2.45, 2.75) is 25.2 Å². The van der Waals surface area contributed by atoms with E-state index in [1.807, 2.05) is 54.6 Å². The minimum atomic E-state index is -0.174. The van der Waals surface area contributed by atoms with Gasteiger partial charge in [-0.3, -0.25) is 4.79 Å². The summed E-state index contributed by atoms with van der Waals surface area (Å²) in [7, 11) is 0. The van der Waals surface area contributed by atoms with Gasteiger partial charge in [-0.05, 0) is 42.5 Å². The SMILES string of the molecule is O=C(Nc1ccccn1)[C@@H](CCCc1ccccc1)c1ccccc1. The van der Waals surface area contributed by atoms with Gasteiger partial charge in [-0.15, -0.1) is 0 Å². The van der Waals surface area contributed by atoms with Crippen molar-refractivity contribution < 1.29 is 4.79 Å². The lowest BCUT2D eigenvalue weighted by Gasteiger charge is -2.17. The molecule has 126 valence electrons. The van der Waals surface area contributed by atoms with Crippen LogP contribution in [0.3, 0.4) is 0 Å². The van der Waals surface area contributed by atoms with Crippen molar-refractivity contribution in [2.24, 2.45) is 0 Å². The van der Waals surface area contributed by atoms with Crippen LogP contribution >= 0.6 is 0 Å². The molecule has 1 heterocycles. The number of carbonyl (C=O) groups is 1. The molecule has 0 saturated heterocycles. The van der Waals surface area contributed by atoms with Crippen LogP contribution in [0.1, 0.15) is 29.9 Å². The van der Waals surface area contributed by atoms with Crippen molar-refractivity contribution in [3.05, 3.63) is 96.2 Å². The van der Waals surface area contributed by atoms with Crippen LogP contribution in [0.25, 0.3) is 0 Å². The lowest BCUT2D eigenvalue weighted by atomic mass is 9.91. The molecule has 3 rings (SSSR count). The summed E-state index contributed by atoms with van der Waals surface area (Å²) in [5.74, 6) is 0.418. The van der Waals surface area contributed by atoms with Crippen molar-refractivity contribution in [1.82, 2.24) is 4.98 Å². The van der Waals surface area contributed by atoms with Gasteiger partial charge in [0.15, 0.2) is 0 Å². The van der Waals surface area contributed by atoms with Crippen molar-refractivity contribution in [3.8, 4) is 0 Å². The van der Waals surface area contributed by atoms with Crippen LogP contribution in [0.4, 0.5) is 5.82 Å². The molecule has 0 aliphatic carbocycles. The molecule has 1 aromatic heterocycles. The van der Waals surface area contributed by atoms with Crippen molar-refractivity contribution in [2.75, 3.05) is 5.32 Å². The third-order valence-electron chi connectivity index (χ3n) is 4.24. The Morgan fingerprint density at radius 1 is 0.880 bits per heavy atom. The van der Waals surface area contributed by atoms with Gasteiger partial charge in [-0.25, -0.2) is 4.98 Å². The van der Waals surface area contributed by atoms with E-state index < -0.39 is 0 Å². The zero-order valence-electron chi connectivity index (χ0n) is 14.1. The highest BCUT2D eigenvalue weighted by Crippen LogP contribution is 2.24. The molecular weight excluding hydrogens is 308 g/mol. The van der Waals surface area contributed by atoms with Gasteiger partial charge in [0, 0.05) is 6.20 Å². The second-order valence-corrected chi connectivity index (χ2v) is 6.05.